The summed E-state index contributed by atoms with van der Waals surface area (Å²) in [6, 6.07) is 8.97. The number of hydrogen-bond donors (Lipinski definition) is 1. The fourth-order valence-corrected chi connectivity index (χ4v) is 3.31. The van der Waals surface area contributed by atoms with E-state index in [-0.39, 0.29) is 0 Å². The van der Waals surface area contributed by atoms with E-state index in [0.717, 1.165) is 31.2 Å². The Morgan fingerprint density at radius 3 is 2.75 bits per heavy atom. The molecule has 20 heavy (non-hydrogen) atoms. The van der Waals surface area contributed by atoms with Gasteiger partial charge in [-0.25, -0.2) is 0 Å². The normalized spacial score (nSPS) is 17.9. The minimum Gasteiger partial charge on any atom is -0.494 e. The topological polar surface area (TPSA) is 21.3 Å². The zero-order chi connectivity index (χ0) is 14.2. The average Bonchev–Trinajstić information content (AvgIpc) is 2.47. The van der Waals surface area contributed by atoms with Gasteiger partial charge in [-0.05, 0) is 56.3 Å². The van der Waals surface area contributed by atoms with Gasteiger partial charge in [-0.1, -0.05) is 38.3 Å². The Labute approximate surface area is 123 Å². The summed E-state index contributed by atoms with van der Waals surface area (Å²) < 4.78 is 5.91. The highest BCUT2D eigenvalue weighted by molar-refractivity contribution is 5.27. The van der Waals surface area contributed by atoms with E-state index >= 15 is 0 Å². The van der Waals surface area contributed by atoms with Crippen molar-refractivity contribution in [1.82, 2.24) is 5.32 Å². The predicted octanol–water partition coefficient (Wildman–Crippen LogP) is 4.32. The van der Waals surface area contributed by atoms with Crippen LogP contribution in [0.5, 0.6) is 5.75 Å². The van der Waals surface area contributed by atoms with E-state index in [4.69, 9.17) is 4.74 Å². The minimum absolute atomic E-state index is 0.630. The molecule has 1 atom stereocenters. The van der Waals surface area contributed by atoms with Crippen LogP contribution in [0.2, 0.25) is 0 Å². The third kappa shape index (κ3) is 4.82. The van der Waals surface area contributed by atoms with Crippen LogP contribution in [-0.4, -0.2) is 19.2 Å². The van der Waals surface area contributed by atoms with E-state index in [9.17, 15) is 0 Å². The van der Waals surface area contributed by atoms with Crippen LogP contribution in [0.4, 0.5) is 0 Å². The Hall–Kier alpha value is -1.02. The maximum atomic E-state index is 5.91. The second kappa shape index (κ2) is 8.31. The highest BCUT2D eigenvalue weighted by atomic mass is 16.5. The molecule has 0 bridgehead atoms. The highest BCUT2D eigenvalue weighted by Crippen LogP contribution is 2.28. The van der Waals surface area contributed by atoms with Gasteiger partial charge >= 0.3 is 0 Å². The first-order chi connectivity index (χ1) is 9.79. The SMILES string of the molecule is CCNC(CCOc1cccc(C)c1)C1CCCCC1. The van der Waals surface area contributed by atoms with Crippen molar-refractivity contribution in [3.8, 4) is 5.75 Å². The summed E-state index contributed by atoms with van der Waals surface area (Å²) in [7, 11) is 0. The van der Waals surface area contributed by atoms with E-state index in [1.165, 1.54) is 37.7 Å². The van der Waals surface area contributed by atoms with Crippen molar-refractivity contribution >= 4 is 0 Å². The molecule has 1 aromatic carbocycles. The first-order valence-corrected chi connectivity index (χ1v) is 8.22. The van der Waals surface area contributed by atoms with Crippen molar-refractivity contribution < 1.29 is 4.74 Å². The van der Waals surface area contributed by atoms with Crippen LogP contribution in [0, 0.1) is 12.8 Å². The summed E-state index contributed by atoms with van der Waals surface area (Å²) >= 11 is 0. The summed E-state index contributed by atoms with van der Waals surface area (Å²) in [6.45, 7) is 6.19. The third-order valence-corrected chi connectivity index (χ3v) is 4.37. The van der Waals surface area contributed by atoms with Crippen molar-refractivity contribution in [3.63, 3.8) is 0 Å². The molecule has 1 saturated carbocycles. The lowest BCUT2D eigenvalue weighted by Crippen LogP contribution is -2.38. The lowest BCUT2D eigenvalue weighted by Gasteiger charge is -2.31. The van der Waals surface area contributed by atoms with Crippen LogP contribution >= 0.6 is 0 Å². The fraction of sp³-hybridized carbons (Fsp3) is 0.667. The van der Waals surface area contributed by atoms with Gasteiger partial charge in [-0.3, -0.25) is 0 Å². The Balaban J connectivity index is 1.79. The van der Waals surface area contributed by atoms with Gasteiger partial charge in [-0.15, -0.1) is 0 Å². The van der Waals surface area contributed by atoms with Crippen molar-refractivity contribution in [3.05, 3.63) is 29.8 Å². The van der Waals surface area contributed by atoms with Crippen LogP contribution in [0.25, 0.3) is 0 Å². The van der Waals surface area contributed by atoms with E-state index in [1.54, 1.807) is 0 Å². The van der Waals surface area contributed by atoms with Crippen LogP contribution in [0.1, 0.15) is 51.0 Å². The van der Waals surface area contributed by atoms with Gasteiger partial charge in [0.25, 0.3) is 0 Å². The van der Waals surface area contributed by atoms with Gasteiger partial charge < -0.3 is 10.1 Å². The second-order valence-corrected chi connectivity index (χ2v) is 6.02. The molecule has 0 amide bonds. The monoisotopic (exact) mass is 275 g/mol. The van der Waals surface area contributed by atoms with Gasteiger partial charge in [0.2, 0.25) is 0 Å². The average molecular weight is 275 g/mol. The smallest absolute Gasteiger partial charge is 0.119 e. The van der Waals surface area contributed by atoms with E-state index in [1.807, 2.05) is 0 Å². The van der Waals surface area contributed by atoms with Crippen LogP contribution in [0.15, 0.2) is 24.3 Å². The molecule has 112 valence electrons. The zero-order valence-electron chi connectivity index (χ0n) is 13.0. The van der Waals surface area contributed by atoms with Crippen LogP contribution in [0.3, 0.4) is 0 Å². The molecule has 2 rings (SSSR count). The molecule has 2 heteroatoms. The van der Waals surface area contributed by atoms with Gasteiger partial charge in [0.1, 0.15) is 5.75 Å². The van der Waals surface area contributed by atoms with E-state index < -0.39 is 0 Å². The Kier molecular flexibility index (Phi) is 6.38. The van der Waals surface area contributed by atoms with Gasteiger partial charge in [0.05, 0.1) is 6.61 Å². The largest absolute Gasteiger partial charge is 0.494 e. The zero-order valence-corrected chi connectivity index (χ0v) is 13.0. The highest BCUT2D eigenvalue weighted by Gasteiger charge is 2.22. The number of rotatable bonds is 7. The Morgan fingerprint density at radius 2 is 2.05 bits per heavy atom. The van der Waals surface area contributed by atoms with Crippen molar-refractivity contribution in [2.75, 3.05) is 13.2 Å². The molecule has 1 fully saturated rings. The Bertz CT molecular complexity index is 385. The van der Waals surface area contributed by atoms with Crippen molar-refractivity contribution in [2.45, 2.75) is 58.4 Å². The number of nitrogens with one attached hydrogen (secondary N) is 1. The van der Waals surface area contributed by atoms with Gasteiger partial charge in [0, 0.05) is 6.04 Å². The summed E-state index contributed by atoms with van der Waals surface area (Å²) in [4.78, 5) is 0. The second-order valence-electron chi connectivity index (χ2n) is 6.02. The number of hydrogen-bond acceptors (Lipinski definition) is 2. The molecule has 0 radical (unpaired) electrons. The third-order valence-electron chi connectivity index (χ3n) is 4.37. The van der Waals surface area contributed by atoms with E-state index in [0.29, 0.717) is 6.04 Å². The molecule has 0 heterocycles. The minimum atomic E-state index is 0.630. The van der Waals surface area contributed by atoms with Gasteiger partial charge in [-0.2, -0.15) is 0 Å². The quantitative estimate of drug-likeness (QED) is 0.800. The molecule has 0 saturated heterocycles. The molecular formula is C18H29NO. The van der Waals surface area contributed by atoms with Crippen molar-refractivity contribution in [2.24, 2.45) is 5.92 Å². The molecular weight excluding hydrogens is 246 g/mol. The number of ether oxygens (including phenoxy) is 1. The number of aryl methyl sites for hydroxylation is 1. The lowest BCUT2D eigenvalue weighted by atomic mass is 9.83. The molecule has 2 nitrogen and oxygen atoms in total. The molecule has 0 aliphatic heterocycles. The molecule has 0 aromatic heterocycles. The first kappa shape index (κ1) is 15.4. The Morgan fingerprint density at radius 1 is 1.25 bits per heavy atom. The van der Waals surface area contributed by atoms with Crippen LogP contribution < -0.4 is 10.1 Å². The van der Waals surface area contributed by atoms with Crippen molar-refractivity contribution in [1.29, 1.82) is 0 Å². The molecule has 0 spiro atoms. The number of benzene rings is 1. The fourth-order valence-electron chi connectivity index (χ4n) is 3.31. The lowest BCUT2D eigenvalue weighted by molar-refractivity contribution is 0.219. The maximum absolute atomic E-state index is 5.91. The summed E-state index contributed by atoms with van der Waals surface area (Å²) in [5.74, 6) is 1.86. The molecule has 1 N–H and O–H groups in total. The molecule has 1 aliphatic carbocycles. The van der Waals surface area contributed by atoms with E-state index in [2.05, 4.69) is 43.4 Å². The van der Waals surface area contributed by atoms with Gasteiger partial charge in [0.15, 0.2) is 0 Å². The molecule has 1 aliphatic rings. The first-order valence-electron chi connectivity index (χ1n) is 8.22. The summed E-state index contributed by atoms with van der Waals surface area (Å²) in [6.07, 6.45) is 8.14. The molecule has 1 unspecified atom stereocenters. The summed E-state index contributed by atoms with van der Waals surface area (Å²) in [5.41, 5.74) is 1.26. The van der Waals surface area contributed by atoms with Crippen LogP contribution in [-0.2, 0) is 0 Å². The summed E-state index contributed by atoms with van der Waals surface area (Å²) in [5, 5.41) is 3.67. The standard InChI is InChI=1S/C18H29NO/c1-3-19-18(16-9-5-4-6-10-16)12-13-20-17-11-7-8-15(2)14-17/h7-8,11,14,16,18-19H,3-6,9-10,12-13H2,1-2H3. The predicted molar refractivity (Wildman–Crippen MR) is 85.3 cm³/mol. The maximum Gasteiger partial charge on any atom is 0.119 e. The molecule has 1 aromatic rings.